The Morgan fingerprint density at radius 1 is 1.04 bits per heavy atom. The summed E-state index contributed by atoms with van der Waals surface area (Å²) in [5, 5.41) is 0. The van der Waals surface area contributed by atoms with Crippen molar-refractivity contribution in [1.29, 1.82) is 0 Å². The van der Waals surface area contributed by atoms with Gasteiger partial charge in [-0.3, -0.25) is 0 Å². The summed E-state index contributed by atoms with van der Waals surface area (Å²) in [5.41, 5.74) is -1.57. The first-order chi connectivity index (χ1) is 10.6. The largest absolute Gasteiger partial charge is 0.514 e. The number of carbonyl (C=O) groups is 2. The SMILES string of the molecule is CC(C)OC(=O)Oc1ccccc1[C@H](Cl)OC(=O)OC(C)(C)C. The van der Waals surface area contributed by atoms with Crippen molar-refractivity contribution in [2.75, 3.05) is 0 Å². The van der Waals surface area contributed by atoms with Crippen molar-refractivity contribution >= 4 is 23.9 Å². The third-order valence-corrected chi connectivity index (χ3v) is 2.60. The van der Waals surface area contributed by atoms with Gasteiger partial charge in [-0.15, -0.1) is 0 Å². The molecule has 1 aromatic rings. The van der Waals surface area contributed by atoms with E-state index in [2.05, 4.69) is 0 Å². The fourth-order valence-electron chi connectivity index (χ4n) is 1.49. The molecule has 0 unspecified atom stereocenters. The fourth-order valence-corrected chi connectivity index (χ4v) is 1.74. The van der Waals surface area contributed by atoms with E-state index >= 15 is 0 Å². The van der Waals surface area contributed by atoms with E-state index in [1.165, 1.54) is 6.07 Å². The number of alkyl halides is 1. The third kappa shape index (κ3) is 7.23. The normalized spacial score (nSPS) is 12.5. The topological polar surface area (TPSA) is 71.1 Å². The molecule has 128 valence electrons. The van der Waals surface area contributed by atoms with Crippen molar-refractivity contribution in [3.63, 3.8) is 0 Å². The van der Waals surface area contributed by atoms with Gasteiger partial charge in [-0.05, 0) is 40.7 Å². The van der Waals surface area contributed by atoms with E-state index < -0.39 is 23.5 Å². The average molecular weight is 345 g/mol. The monoisotopic (exact) mass is 344 g/mol. The van der Waals surface area contributed by atoms with Crippen molar-refractivity contribution < 1.29 is 28.5 Å². The lowest BCUT2D eigenvalue weighted by molar-refractivity contribution is -0.0137. The zero-order valence-corrected chi connectivity index (χ0v) is 14.5. The van der Waals surface area contributed by atoms with Gasteiger partial charge >= 0.3 is 12.3 Å². The van der Waals surface area contributed by atoms with E-state index in [0.717, 1.165) is 0 Å². The van der Waals surface area contributed by atoms with Crippen LogP contribution in [0.25, 0.3) is 0 Å². The Bertz CT molecular complexity index is 550. The summed E-state index contributed by atoms with van der Waals surface area (Å²) in [6.45, 7) is 8.51. The molecule has 0 saturated carbocycles. The number of halogens is 1. The highest BCUT2D eigenvalue weighted by Gasteiger charge is 2.24. The summed E-state index contributed by atoms with van der Waals surface area (Å²) in [5.74, 6) is 0.140. The summed E-state index contributed by atoms with van der Waals surface area (Å²) in [6.07, 6.45) is -2.11. The first-order valence-corrected chi connectivity index (χ1v) is 7.53. The first kappa shape index (κ1) is 19.1. The average Bonchev–Trinajstić information content (AvgIpc) is 2.35. The molecule has 0 radical (unpaired) electrons. The van der Waals surface area contributed by atoms with Gasteiger partial charge in [-0.1, -0.05) is 29.8 Å². The molecule has 0 amide bonds. The summed E-state index contributed by atoms with van der Waals surface area (Å²) < 4.78 is 20.0. The minimum absolute atomic E-state index is 0.140. The molecule has 6 nitrogen and oxygen atoms in total. The molecule has 0 N–H and O–H groups in total. The predicted molar refractivity (Wildman–Crippen MR) is 84.6 cm³/mol. The molecule has 1 rings (SSSR count). The first-order valence-electron chi connectivity index (χ1n) is 7.09. The van der Waals surface area contributed by atoms with Crippen LogP contribution in [0.2, 0.25) is 0 Å². The molecule has 0 bridgehead atoms. The lowest BCUT2D eigenvalue weighted by Crippen LogP contribution is -2.25. The van der Waals surface area contributed by atoms with Crippen LogP contribution in [0.1, 0.15) is 45.7 Å². The van der Waals surface area contributed by atoms with Crippen molar-refractivity contribution in [1.82, 2.24) is 0 Å². The molecule has 0 heterocycles. The Balaban J connectivity index is 2.79. The quantitative estimate of drug-likeness (QED) is 0.444. The molecule has 1 atom stereocenters. The molecule has 0 aliphatic heterocycles. The molecule has 0 aliphatic rings. The summed E-state index contributed by atoms with van der Waals surface area (Å²) in [4.78, 5) is 23.2. The molecule has 0 aliphatic carbocycles. The van der Waals surface area contributed by atoms with Crippen molar-refractivity contribution in [2.24, 2.45) is 0 Å². The van der Waals surface area contributed by atoms with Crippen LogP contribution in [0.3, 0.4) is 0 Å². The maximum atomic E-state index is 11.7. The van der Waals surface area contributed by atoms with E-state index in [-0.39, 0.29) is 11.9 Å². The van der Waals surface area contributed by atoms with E-state index in [1.807, 2.05) is 0 Å². The van der Waals surface area contributed by atoms with Crippen LogP contribution in [-0.4, -0.2) is 24.0 Å². The van der Waals surface area contributed by atoms with Crippen LogP contribution in [0.5, 0.6) is 5.75 Å². The molecular weight excluding hydrogens is 324 g/mol. The van der Waals surface area contributed by atoms with Gasteiger partial charge in [0.05, 0.1) is 11.7 Å². The van der Waals surface area contributed by atoms with Crippen LogP contribution in [0.4, 0.5) is 9.59 Å². The van der Waals surface area contributed by atoms with Gasteiger partial charge in [-0.25, -0.2) is 9.59 Å². The van der Waals surface area contributed by atoms with Crippen LogP contribution in [0.15, 0.2) is 24.3 Å². The molecule has 0 fully saturated rings. The number of rotatable bonds is 4. The zero-order chi connectivity index (χ0) is 17.6. The zero-order valence-electron chi connectivity index (χ0n) is 13.8. The van der Waals surface area contributed by atoms with Gasteiger partial charge in [-0.2, -0.15) is 0 Å². The Morgan fingerprint density at radius 2 is 1.65 bits per heavy atom. The van der Waals surface area contributed by atoms with Gasteiger partial charge in [0.15, 0.2) is 0 Å². The van der Waals surface area contributed by atoms with E-state index in [9.17, 15) is 9.59 Å². The Labute approximate surface area is 140 Å². The third-order valence-electron chi connectivity index (χ3n) is 2.28. The molecule has 0 aromatic heterocycles. The molecule has 1 aromatic carbocycles. The second-order valence-electron chi connectivity index (χ2n) is 5.95. The standard InChI is InChI=1S/C16H21ClO6/c1-10(2)20-14(18)21-12-9-7-6-8-11(12)13(17)22-15(19)23-16(3,4)5/h6-10,13H,1-5H3/t13-/m1/s1. The highest BCUT2D eigenvalue weighted by atomic mass is 35.5. The Hall–Kier alpha value is -1.95. The highest BCUT2D eigenvalue weighted by molar-refractivity contribution is 6.20. The minimum Gasteiger partial charge on any atom is -0.431 e. The van der Waals surface area contributed by atoms with Gasteiger partial charge in [0.25, 0.3) is 0 Å². The summed E-state index contributed by atoms with van der Waals surface area (Å²) in [6, 6.07) is 6.41. The fraction of sp³-hybridized carbons (Fsp3) is 0.500. The van der Waals surface area contributed by atoms with Gasteiger partial charge in [0.1, 0.15) is 11.4 Å². The smallest absolute Gasteiger partial charge is 0.431 e. The highest BCUT2D eigenvalue weighted by Crippen LogP contribution is 2.31. The Morgan fingerprint density at radius 3 is 2.22 bits per heavy atom. The van der Waals surface area contributed by atoms with Crippen LogP contribution >= 0.6 is 11.6 Å². The second-order valence-corrected chi connectivity index (χ2v) is 6.35. The molecule has 0 spiro atoms. The maximum absolute atomic E-state index is 11.7. The van der Waals surface area contributed by atoms with Gasteiger partial charge in [0, 0.05) is 0 Å². The molecule has 0 saturated heterocycles. The number of hydrogen-bond donors (Lipinski definition) is 0. The van der Waals surface area contributed by atoms with Crippen molar-refractivity contribution in [3.05, 3.63) is 29.8 Å². The number of ether oxygens (including phenoxy) is 4. The van der Waals surface area contributed by atoms with Crippen LogP contribution in [0, 0.1) is 0 Å². The maximum Gasteiger partial charge on any atom is 0.514 e. The molecule has 7 heteroatoms. The lowest BCUT2D eigenvalue weighted by Gasteiger charge is -2.21. The van der Waals surface area contributed by atoms with Gasteiger partial charge < -0.3 is 18.9 Å². The van der Waals surface area contributed by atoms with Crippen LogP contribution in [-0.2, 0) is 14.2 Å². The van der Waals surface area contributed by atoms with E-state index in [0.29, 0.717) is 5.56 Å². The summed E-state index contributed by atoms with van der Waals surface area (Å²) >= 11 is 6.07. The van der Waals surface area contributed by atoms with E-state index in [1.54, 1.807) is 52.8 Å². The van der Waals surface area contributed by atoms with E-state index in [4.69, 9.17) is 30.5 Å². The number of benzene rings is 1. The second kappa shape index (κ2) is 8.06. The van der Waals surface area contributed by atoms with Crippen LogP contribution < -0.4 is 4.74 Å². The van der Waals surface area contributed by atoms with Crippen molar-refractivity contribution in [2.45, 2.75) is 51.9 Å². The van der Waals surface area contributed by atoms with Crippen molar-refractivity contribution in [3.8, 4) is 5.75 Å². The number of carbonyl (C=O) groups excluding carboxylic acids is 2. The Kier molecular flexibility index (Phi) is 6.69. The number of para-hydroxylation sites is 1. The minimum atomic E-state index is -1.17. The molecular formula is C16H21ClO6. The number of hydrogen-bond acceptors (Lipinski definition) is 6. The lowest BCUT2D eigenvalue weighted by atomic mass is 10.2. The molecule has 23 heavy (non-hydrogen) atoms. The summed E-state index contributed by atoms with van der Waals surface area (Å²) in [7, 11) is 0. The van der Waals surface area contributed by atoms with Gasteiger partial charge in [0.2, 0.25) is 5.56 Å². The predicted octanol–water partition coefficient (Wildman–Crippen LogP) is 4.80.